The van der Waals surface area contributed by atoms with Crippen molar-refractivity contribution in [2.24, 2.45) is 16.8 Å². The van der Waals surface area contributed by atoms with Crippen molar-refractivity contribution < 1.29 is 28.2 Å². The second kappa shape index (κ2) is 11.9. The maximum absolute atomic E-state index is 15.0. The van der Waals surface area contributed by atoms with Gasteiger partial charge in [-0.1, -0.05) is 30.3 Å². The highest BCUT2D eigenvalue weighted by Crippen LogP contribution is 2.34. The van der Waals surface area contributed by atoms with Gasteiger partial charge in [-0.25, -0.2) is 19.0 Å². The van der Waals surface area contributed by atoms with Crippen LogP contribution in [-0.4, -0.2) is 66.7 Å². The number of benzene rings is 2. The lowest BCUT2D eigenvalue weighted by molar-refractivity contribution is -0.120. The van der Waals surface area contributed by atoms with Crippen LogP contribution < -0.4 is 10.2 Å². The molecule has 41 heavy (non-hydrogen) atoms. The summed E-state index contributed by atoms with van der Waals surface area (Å²) in [7, 11) is 0. The molecule has 1 unspecified atom stereocenters. The Morgan fingerprint density at radius 1 is 0.976 bits per heavy atom. The van der Waals surface area contributed by atoms with Crippen molar-refractivity contribution >= 4 is 29.5 Å². The first-order chi connectivity index (χ1) is 19.6. The first kappa shape index (κ1) is 28.6. The molecule has 3 aliphatic heterocycles. The third kappa shape index (κ3) is 6.69. The van der Waals surface area contributed by atoms with Crippen molar-refractivity contribution in [3.05, 3.63) is 65.5 Å². The van der Waals surface area contributed by atoms with Crippen LogP contribution in [0.25, 0.3) is 0 Å². The van der Waals surface area contributed by atoms with Gasteiger partial charge in [0, 0.05) is 24.2 Å². The summed E-state index contributed by atoms with van der Waals surface area (Å²) in [5.74, 6) is -0.0557. The summed E-state index contributed by atoms with van der Waals surface area (Å²) < 4.78 is 26.1. The molecule has 218 valence electrons. The number of nitrogens with zero attached hydrogens (tertiary/aromatic N) is 3. The van der Waals surface area contributed by atoms with Crippen LogP contribution in [0.1, 0.15) is 57.6 Å². The molecule has 1 atom stereocenters. The van der Waals surface area contributed by atoms with Gasteiger partial charge in [-0.3, -0.25) is 10.1 Å². The van der Waals surface area contributed by atoms with Crippen LogP contribution >= 0.6 is 0 Å². The number of hydrogen-bond donors (Lipinski definition) is 1. The molecular formula is C31H37FN4O5. The molecule has 1 N–H and O–H groups in total. The highest BCUT2D eigenvalue weighted by atomic mass is 19.1. The fourth-order valence-corrected chi connectivity index (χ4v) is 5.80. The first-order valence-corrected chi connectivity index (χ1v) is 14.2. The third-order valence-corrected chi connectivity index (χ3v) is 7.71. The number of aliphatic imine (C=N–C) groups is 1. The molecule has 0 spiro atoms. The molecule has 2 saturated heterocycles. The van der Waals surface area contributed by atoms with Crippen molar-refractivity contribution in [3.63, 3.8) is 0 Å². The highest BCUT2D eigenvalue weighted by molar-refractivity contribution is 6.20. The lowest BCUT2D eigenvalue weighted by Gasteiger charge is -2.27. The summed E-state index contributed by atoms with van der Waals surface area (Å²) in [6.07, 6.45) is 1.96. The second-order valence-electron chi connectivity index (χ2n) is 11.9. The van der Waals surface area contributed by atoms with Crippen LogP contribution in [0.3, 0.4) is 0 Å². The summed E-state index contributed by atoms with van der Waals surface area (Å²) in [5, 5.41) is 2.55. The predicted octanol–water partition coefficient (Wildman–Crippen LogP) is 5.12. The van der Waals surface area contributed by atoms with Gasteiger partial charge in [0.25, 0.3) is 5.91 Å². The van der Waals surface area contributed by atoms with E-state index in [-0.39, 0.29) is 30.5 Å². The molecule has 4 aliphatic rings. The Balaban J connectivity index is 1.41. The Labute approximate surface area is 239 Å². The summed E-state index contributed by atoms with van der Waals surface area (Å²) in [6.45, 7) is 6.49. The molecule has 9 nitrogen and oxygen atoms in total. The highest BCUT2D eigenvalue weighted by Gasteiger charge is 2.36. The molecule has 6 rings (SSSR count). The zero-order valence-corrected chi connectivity index (χ0v) is 23.8. The SMILES string of the molecule is CC(C)(C)OC(=O)NC1N=C(c2ccccc2F)c2ccccc2N(CCOC(=O)N2CC3CCC(CC3)C2)C1=O. The summed E-state index contributed by atoms with van der Waals surface area (Å²) >= 11 is 0. The number of fused-ring (bicyclic) bond motifs is 5. The Hall–Kier alpha value is -3.95. The van der Waals surface area contributed by atoms with Crippen LogP contribution in [0.4, 0.5) is 19.7 Å². The van der Waals surface area contributed by atoms with E-state index in [1.54, 1.807) is 68.1 Å². The maximum atomic E-state index is 15.0. The van der Waals surface area contributed by atoms with Crippen LogP contribution in [0.2, 0.25) is 0 Å². The number of alkyl carbamates (subject to hydrolysis) is 1. The Morgan fingerprint density at radius 2 is 1.59 bits per heavy atom. The third-order valence-electron chi connectivity index (χ3n) is 7.71. The van der Waals surface area contributed by atoms with Crippen molar-refractivity contribution in [2.75, 3.05) is 31.1 Å². The molecular weight excluding hydrogens is 527 g/mol. The van der Waals surface area contributed by atoms with Crippen LogP contribution in [-0.2, 0) is 14.3 Å². The molecule has 1 saturated carbocycles. The monoisotopic (exact) mass is 564 g/mol. The molecule has 3 heterocycles. The molecule has 0 aromatic heterocycles. The van der Waals surface area contributed by atoms with Gasteiger partial charge in [-0.2, -0.15) is 0 Å². The maximum Gasteiger partial charge on any atom is 0.409 e. The second-order valence-corrected chi connectivity index (χ2v) is 11.9. The quantitative estimate of drug-likeness (QED) is 0.544. The molecule has 3 fully saturated rings. The zero-order chi connectivity index (χ0) is 29.1. The summed E-state index contributed by atoms with van der Waals surface area (Å²) in [4.78, 5) is 47.4. The molecule has 3 amide bonds. The summed E-state index contributed by atoms with van der Waals surface area (Å²) in [6, 6.07) is 13.1. The molecule has 1 aliphatic carbocycles. The minimum absolute atomic E-state index is 0.0227. The fourth-order valence-electron chi connectivity index (χ4n) is 5.80. The van der Waals surface area contributed by atoms with Gasteiger partial charge in [0.2, 0.25) is 6.17 Å². The van der Waals surface area contributed by atoms with E-state index in [2.05, 4.69) is 10.3 Å². The first-order valence-electron chi connectivity index (χ1n) is 14.2. The number of ether oxygens (including phenoxy) is 2. The smallest absolute Gasteiger partial charge is 0.409 e. The van der Waals surface area contributed by atoms with E-state index < -0.39 is 29.6 Å². The zero-order valence-electron chi connectivity index (χ0n) is 23.8. The minimum atomic E-state index is -1.40. The number of anilines is 1. The molecule has 10 heteroatoms. The van der Waals surface area contributed by atoms with E-state index in [1.165, 1.54) is 11.0 Å². The van der Waals surface area contributed by atoms with E-state index in [1.807, 2.05) is 0 Å². The number of amides is 3. The van der Waals surface area contributed by atoms with Gasteiger partial charge in [0.05, 0.1) is 17.9 Å². The standard InChI is InChI=1S/C31H37FN4O5/c1-31(2,3)41-29(38)34-27-28(37)36(16-17-40-30(39)35-18-20-12-13-21(19-35)15-14-20)25-11-7-5-9-23(25)26(33-27)22-8-4-6-10-24(22)32/h4-11,20-21,27H,12-19H2,1-3H3,(H,34,38). The average Bonchev–Trinajstić information content (AvgIpc) is 3.31. The largest absolute Gasteiger partial charge is 0.448 e. The van der Waals surface area contributed by atoms with Gasteiger partial charge in [0.1, 0.15) is 18.0 Å². The van der Waals surface area contributed by atoms with Crippen LogP contribution in [0.15, 0.2) is 53.5 Å². The number of halogens is 1. The fraction of sp³-hybridized carbons (Fsp3) is 0.484. The van der Waals surface area contributed by atoms with E-state index in [9.17, 15) is 14.4 Å². The Kier molecular flexibility index (Phi) is 8.28. The number of rotatable bonds is 5. The van der Waals surface area contributed by atoms with E-state index in [4.69, 9.17) is 9.47 Å². The normalized spacial score (nSPS) is 22.3. The van der Waals surface area contributed by atoms with E-state index >= 15 is 4.39 Å². The summed E-state index contributed by atoms with van der Waals surface area (Å²) in [5.41, 5.74) is 0.576. The average molecular weight is 565 g/mol. The number of nitrogens with one attached hydrogen (secondary N) is 1. The van der Waals surface area contributed by atoms with E-state index in [0.717, 1.165) is 25.7 Å². The molecule has 2 bridgehead atoms. The topological polar surface area (TPSA) is 101 Å². The van der Waals surface area contributed by atoms with Gasteiger partial charge in [-0.05, 0) is 76.5 Å². The molecule has 0 radical (unpaired) electrons. The van der Waals surface area contributed by atoms with Crippen LogP contribution in [0, 0.1) is 17.7 Å². The number of para-hydroxylation sites is 1. The number of benzodiazepines with no additional fused rings is 1. The van der Waals surface area contributed by atoms with Crippen molar-refractivity contribution in [1.82, 2.24) is 10.2 Å². The van der Waals surface area contributed by atoms with Gasteiger partial charge in [0.15, 0.2) is 0 Å². The van der Waals surface area contributed by atoms with E-state index in [0.29, 0.717) is 36.2 Å². The lowest BCUT2D eigenvalue weighted by atomic mass is 9.84. The van der Waals surface area contributed by atoms with Gasteiger partial charge >= 0.3 is 12.2 Å². The molecule has 2 aromatic carbocycles. The number of carbonyl (C=O) groups excluding carboxylic acids is 3. The molecule has 2 aromatic rings. The number of hydrogen-bond acceptors (Lipinski definition) is 6. The van der Waals surface area contributed by atoms with Crippen molar-refractivity contribution in [2.45, 2.75) is 58.2 Å². The number of carbonyl (C=O) groups is 3. The van der Waals surface area contributed by atoms with Crippen molar-refractivity contribution in [1.29, 1.82) is 0 Å². The lowest BCUT2D eigenvalue weighted by Crippen LogP contribution is -2.49. The minimum Gasteiger partial charge on any atom is -0.448 e. The van der Waals surface area contributed by atoms with Crippen molar-refractivity contribution in [3.8, 4) is 0 Å². The van der Waals surface area contributed by atoms with Gasteiger partial charge < -0.3 is 19.3 Å². The Morgan fingerprint density at radius 3 is 2.22 bits per heavy atom. The Bertz CT molecular complexity index is 1320. The van der Waals surface area contributed by atoms with Crippen LogP contribution in [0.5, 0.6) is 0 Å². The predicted molar refractivity (Wildman–Crippen MR) is 152 cm³/mol. The van der Waals surface area contributed by atoms with Gasteiger partial charge in [-0.15, -0.1) is 0 Å².